The molecule has 1 amide bonds. The number of methoxy groups -OCH3 is 1. The standard InChI is InChI=1S/C17H16BrNO2/c1-21-15-9-5-3-7-13(15)17(10-11-17)19-16(20)12-6-2-4-8-14(12)18/h2-9H,10-11H2,1H3,(H,19,20). The molecule has 0 spiro atoms. The molecule has 0 saturated heterocycles. The van der Waals surface area contributed by atoms with E-state index in [0.29, 0.717) is 5.56 Å². The SMILES string of the molecule is COc1ccccc1C1(NC(=O)c2ccccc2Br)CC1. The molecule has 3 nitrogen and oxygen atoms in total. The van der Waals surface area contributed by atoms with E-state index in [1.165, 1.54) is 0 Å². The first-order valence-electron chi connectivity index (χ1n) is 6.87. The van der Waals surface area contributed by atoms with Crippen LogP contribution in [0.5, 0.6) is 5.75 Å². The Morgan fingerprint density at radius 3 is 2.48 bits per heavy atom. The molecular formula is C17H16BrNO2. The first-order valence-corrected chi connectivity index (χ1v) is 7.66. The van der Waals surface area contributed by atoms with Crippen LogP contribution in [0.4, 0.5) is 0 Å². The Morgan fingerprint density at radius 1 is 1.14 bits per heavy atom. The fourth-order valence-electron chi connectivity index (χ4n) is 2.56. The third kappa shape index (κ3) is 2.68. The largest absolute Gasteiger partial charge is 0.496 e. The number of benzene rings is 2. The summed E-state index contributed by atoms with van der Waals surface area (Å²) in [6, 6.07) is 15.3. The number of halogens is 1. The van der Waals surface area contributed by atoms with Crippen LogP contribution in [-0.2, 0) is 5.54 Å². The monoisotopic (exact) mass is 345 g/mol. The molecule has 0 heterocycles. The van der Waals surface area contributed by atoms with Crippen LogP contribution in [0.2, 0.25) is 0 Å². The average molecular weight is 346 g/mol. The van der Waals surface area contributed by atoms with Crippen molar-refractivity contribution in [2.24, 2.45) is 0 Å². The minimum atomic E-state index is -0.293. The predicted octanol–water partition coefficient (Wildman–Crippen LogP) is 3.88. The van der Waals surface area contributed by atoms with Gasteiger partial charge in [-0.3, -0.25) is 4.79 Å². The molecule has 0 aliphatic heterocycles. The van der Waals surface area contributed by atoms with Crippen LogP contribution in [0.1, 0.15) is 28.8 Å². The van der Waals surface area contributed by atoms with Crippen molar-refractivity contribution in [3.8, 4) is 5.75 Å². The molecule has 2 aromatic rings. The number of ether oxygens (including phenoxy) is 1. The zero-order chi connectivity index (χ0) is 14.9. The van der Waals surface area contributed by atoms with Crippen LogP contribution in [0.25, 0.3) is 0 Å². The smallest absolute Gasteiger partial charge is 0.253 e. The van der Waals surface area contributed by atoms with E-state index in [9.17, 15) is 4.79 Å². The minimum absolute atomic E-state index is 0.0640. The second-order valence-corrected chi connectivity index (χ2v) is 6.07. The van der Waals surface area contributed by atoms with Crippen molar-refractivity contribution in [1.82, 2.24) is 5.32 Å². The van der Waals surface area contributed by atoms with Crippen molar-refractivity contribution < 1.29 is 9.53 Å². The van der Waals surface area contributed by atoms with Gasteiger partial charge in [-0.05, 0) is 47.0 Å². The summed E-state index contributed by atoms with van der Waals surface area (Å²) in [5, 5.41) is 3.17. The summed E-state index contributed by atoms with van der Waals surface area (Å²) in [4.78, 5) is 12.5. The highest BCUT2D eigenvalue weighted by Gasteiger charge is 2.47. The van der Waals surface area contributed by atoms with Gasteiger partial charge in [-0.25, -0.2) is 0 Å². The summed E-state index contributed by atoms with van der Waals surface area (Å²) in [7, 11) is 1.66. The van der Waals surface area contributed by atoms with Gasteiger partial charge in [0.25, 0.3) is 5.91 Å². The molecule has 1 N–H and O–H groups in total. The lowest BCUT2D eigenvalue weighted by Crippen LogP contribution is -2.35. The van der Waals surface area contributed by atoms with Gasteiger partial charge >= 0.3 is 0 Å². The molecule has 3 rings (SSSR count). The maximum Gasteiger partial charge on any atom is 0.253 e. The summed E-state index contributed by atoms with van der Waals surface area (Å²) in [5.41, 5.74) is 1.41. The number of carbonyl (C=O) groups is 1. The number of hydrogen-bond acceptors (Lipinski definition) is 2. The lowest BCUT2D eigenvalue weighted by atomic mass is 10.0. The van der Waals surface area contributed by atoms with Crippen LogP contribution in [0.3, 0.4) is 0 Å². The first-order chi connectivity index (χ1) is 10.2. The second kappa shape index (κ2) is 5.53. The van der Waals surface area contributed by atoms with Gasteiger partial charge in [-0.2, -0.15) is 0 Å². The van der Waals surface area contributed by atoms with Crippen molar-refractivity contribution in [1.29, 1.82) is 0 Å². The van der Waals surface area contributed by atoms with Gasteiger partial charge in [0.1, 0.15) is 5.75 Å². The van der Waals surface area contributed by atoms with Crippen molar-refractivity contribution in [3.05, 3.63) is 64.1 Å². The lowest BCUT2D eigenvalue weighted by Gasteiger charge is -2.20. The summed E-state index contributed by atoms with van der Waals surface area (Å²) in [6.07, 6.45) is 1.87. The van der Waals surface area contributed by atoms with E-state index in [4.69, 9.17) is 4.74 Å². The fourth-order valence-corrected chi connectivity index (χ4v) is 3.02. The Labute approximate surface area is 132 Å². The highest BCUT2D eigenvalue weighted by Crippen LogP contribution is 2.49. The number of hydrogen-bond donors (Lipinski definition) is 1. The maximum absolute atomic E-state index is 12.5. The van der Waals surface area contributed by atoms with E-state index in [-0.39, 0.29) is 11.4 Å². The van der Waals surface area contributed by atoms with E-state index in [0.717, 1.165) is 28.6 Å². The molecular weight excluding hydrogens is 330 g/mol. The summed E-state index contributed by atoms with van der Waals surface area (Å²) < 4.78 is 6.23. The van der Waals surface area contributed by atoms with E-state index < -0.39 is 0 Å². The van der Waals surface area contributed by atoms with Gasteiger partial charge < -0.3 is 10.1 Å². The van der Waals surface area contributed by atoms with Crippen molar-refractivity contribution in [2.45, 2.75) is 18.4 Å². The van der Waals surface area contributed by atoms with Gasteiger partial charge in [0.2, 0.25) is 0 Å². The van der Waals surface area contributed by atoms with Gasteiger partial charge in [-0.1, -0.05) is 30.3 Å². The van der Waals surface area contributed by atoms with Crippen LogP contribution in [-0.4, -0.2) is 13.0 Å². The average Bonchev–Trinajstić information content (AvgIpc) is 3.28. The predicted molar refractivity (Wildman–Crippen MR) is 85.5 cm³/mol. The van der Waals surface area contributed by atoms with Gasteiger partial charge in [0, 0.05) is 10.0 Å². The van der Waals surface area contributed by atoms with Gasteiger partial charge in [0.05, 0.1) is 18.2 Å². The minimum Gasteiger partial charge on any atom is -0.496 e. The Bertz CT molecular complexity index is 680. The molecule has 108 valence electrons. The quantitative estimate of drug-likeness (QED) is 0.913. The number of nitrogens with one attached hydrogen (secondary N) is 1. The van der Waals surface area contributed by atoms with Crippen molar-refractivity contribution in [3.63, 3.8) is 0 Å². The summed E-state index contributed by atoms with van der Waals surface area (Å²) >= 11 is 3.42. The van der Waals surface area contributed by atoms with Crippen LogP contribution in [0.15, 0.2) is 53.0 Å². The Hall–Kier alpha value is -1.81. The topological polar surface area (TPSA) is 38.3 Å². The molecule has 0 radical (unpaired) electrons. The third-order valence-corrected chi connectivity index (χ3v) is 4.54. The molecule has 1 aliphatic rings. The molecule has 0 aromatic heterocycles. The van der Waals surface area contributed by atoms with Crippen molar-refractivity contribution in [2.75, 3.05) is 7.11 Å². The highest BCUT2D eigenvalue weighted by molar-refractivity contribution is 9.10. The zero-order valence-electron chi connectivity index (χ0n) is 11.7. The molecule has 4 heteroatoms. The van der Waals surface area contributed by atoms with Crippen LogP contribution < -0.4 is 10.1 Å². The van der Waals surface area contributed by atoms with Crippen LogP contribution >= 0.6 is 15.9 Å². The van der Waals surface area contributed by atoms with E-state index >= 15 is 0 Å². The fraction of sp³-hybridized carbons (Fsp3) is 0.235. The number of rotatable bonds is 4. The molecule has 0 bridgehead atoms. The third-order valence-electron chi connectivity index (χ3n) is 3.84. The molecule has 1 fully saturated rings. The molecule has 0 atom stereocenters. The lowest BCUT2D eigenvalue weighted by molar-refractivity contribution is 0.0929. The van der Waals surface area contributed by atoms with Gasteiger partial charge in [-0.15, -0.1) is 0 Å². The summed E-state index contributed by atoms with van der Waals surface area (Å²) in [5.74, 6) is 0.758. The normalized spacial score (nSPS) is 15.3. The van der Waals surface area contributed by atoms with Crippen LogP contribution in [0, 0.1) is 0 Å². The Balaban J connectivity index is 1.88. The molecule has 21 heavy (non-hydrogen) atoms. The number of amides is 1. The Morgan fingerprint density at radius 2 is 1.81 bits per heavy atom. The highest BCUT2D eigenvalue weighted by atomic mass is 79.9. The van der Waals surface area contributed by atoms with E-state index in [1.54, 1.807) is 7.11 Å². The maximum atomic E-state index is 12.5. The molecule has 2 aromatic carbocycles. The zero-order valence-corrected chi connectivity index (χ0v) is 13.3. The van der Waals surface area contributed by atoms with Gasteiger partial charge in [0.15, 0.2) is 0 Å². The molecule has 1 aliphatic carbocycles. The Kier molecular flexibility index (Phi) is 3.72. The number of para-hydroxylation sites is 1. The van der Waals surface area contributed by atoms with E-state index in [2.05, 4.69) is 21.2 Å². The van der Waals surface area contributed by atoms with Crippen molar-refractivity contribution >= 4 is 21.8 Å². The summed E-state index contributed by atoms with van der Waals surface area (Å²) in [6.45, 7) is 0. The number of carbonyl (C=O) groups excluding carboxylic acids is 1. The second-order valence-electron chi connectivity index (χ2n) is 5.22. The first kappa shape index (κ1) is 14.1. The van der Waals surface area contributed by atoms with E-state index in [1.807, 2.05) is 48.5 Å². The molecule has 1 saturated carbocycles. The molecule has 0 unspecified atom stereocenters.